The van der Waals surface area contributed by atoms with Gasteiger partial charge in [-0.1, -0.05) is 26.0 Å². The smallest absolute Gasteiger partial charge is 0.341 e. The quantitative estimate of drug-likeness (QED) is 0.397. The van der Waals surface area contributed by atoms with Gasteiger partial charge >= 0.3 is 6.18 Å². The molecule has 4 rings (SSSR count). The van der Waals surface area contributed by atoms with Crippen LogP contribution < -0.4 is 10.0 Å². The molecular weight excluding hydrogens is 515 g/mol. The molecule has 1 amide bonds. The number of halogens is 3. The number of anilines is 1. The van der Waals surface area contributed by atoms with Gasteiger partial charge in [-0.2, -0.15) is 13.2 Å². The van der Waals surface area contributed by atoms with Crippen LogP contribution in [-0.4, -0.2) is 34.5 Å². The summed E-state index contributed by atoms with van der Waals surface area (Å²) in [5.74, 6) is -0.395. The van der Waals surface area contributed by atoms with Crippen LogP contribution in [0.5, 0.6) is 0 Å². The molecule has 1 saturated carbocycles. The molecule has 8 nitrogen and oxygen atoms in total. The number of thiazole rings is 1. The monoisotopic (exact) mass is 539 g/mol. The predicted octanol–water partition coefficient (Wildman–Crippen LogP) is 4.97. The molecule has 2 aromatic heterocycles. The van der Waals surface area contributed by atoms with Gasteiger partial charge in [0.15, 0.2) is 10.8 Å². The van der Waals surface area contributed by atoms with Gasteiger partial charge in [0.25, 0.3) is 5.91 Å². The van der Waals surface area contributed by atoms with E-state index in [1.807, 2.05) is 13.8 Å². The van der Waals surface area contributed by atoms with Gasteiger partial charge in [0.1, 0.15) is 0 Å². The summed E-state index contributed by atoms with van der Waals surface area (Å²) in [5, 5.41) is 4.62. The Hall–Kier alpha value is -3.06. The molecule has 0 atom stereocenters. The third-order valence-electron chi connectivity index (χ3n) is 6.12. The minimum atomic E-state index is -4.61. The SMILES string of the molecule is CCC(CC)(NC(=O)c1ccc(-c2cncc(C(F)(F)F)n2)cc1)c1csc(NS(=O)(=O)C2CC2)n1. The Bertz CT molecular complexity index is 1350. The second kappa shape index (κ2) is 9.77. The van der Waals surface area contributed by atoms with E-state index >= 15 is 0 Å². The highest BCUT2D eigenvalue weighted by molar-refractivity contribution is 7.93. The van der Waals surface area contributed by atoms with Crippen molar-refractivity contribution in [3.8, 4) is 11.3 Å². The summed E-state index contributed by atoms with van der Waals surface area (Å²) in [5.41, 5.74) is -0.654. The van der Waals surface area contributed by atoms with Crippen LogP contribution in [0, 0.1) is 0 Å². The number of hydrogen-bond acceptors (Lipinski definition) is 7. The lowest BCUT2D eigenvalue weighted by Gasteiger charge is -2.31. The minimum absolute atomic E-state index is 0.0388. The Labute approximate surface area is 210 Å². The number of benzene rings is 1. The zero-order valence-corrected chi connectivity index (χ0v) is 21.1. The molecule has 13 heteroatoms. The molecule has 0 bridgehead atoms. The fraction of sp³-hybridized carbons (Fsp3) is 0.391. The highest BCUT2D eigenvalue weighted by atomic mass is 32.2. The third-order valence-corrected chi connectivity index (χ3v) is 8.83. The van der Waals surface area contributed by atoms with Crippen LogP contribution in [0.2, 0.25) is 0 Å². The van der Waals surface area contributed by atoms with Crippen LogP contribution in [0.1, 0.15) is 61.3 Å². The molecule has 1 fully saturated rings. The summed E-state index contributed by atoms with van der Waals surface area (Å²) in [6, 6.07) is 6.01. The van der Waals surface area contributed by atoms with Crippen LogP contribution in [0.3, 0.4) is 0 Å². The van der Waals surface area contributed by atoms with Crippen molar-refractivity contribution in [2.24, 2.45) is 0 Å². The first kappa shape index (κ1) is 26.0. The van der Waals surface area contributed by atoms with E-state index < -0.39 is 33.3 Å². The van der Waals surface area contributed by atoms with Gasteiger partial charge in [-0.3, -0.25) is 14.5 Å². The average molecular weight is 540 g/mol. The zero-order valence-electron chi connectivity index (χ0n) is 19.5. The van der Waals surface area contributed by atoms with E-state index in [0.717, 1.165) is 11.3 Å². The maximum absolute atomic E-state index is 13.1. The predicted molar refractivity (Wildman–Crippen MR) is 130 cm³/mol. The molecule has 192 valence electrons. The molecule has 2 heterocycles. The Morgan fingerprint density at radius 1 is 1.06 bits per heavy atom. The summed E-state index contributed by atoms with van der Waals surface area (Å²) in [6.07, 6.45) is -0.452. The molecule has 1 aromatic carbocycles. The second-order valence-corrected chi connectivity index (χ2v) is 11.3. The van der Waals surface area contributed by atoms with Crippen molar-refractivity contribution in [1.82, 2.24) is 20.3 Å². The van der Waals surface area contributed by atoms with Crippen LogP contribution in [0.4, 0.5) is 18.3 Å². The van der Waals surface area contributed by atoms with Gasteiger partial charge in [-0.15, -0.1) is 11.3 Å². The van der Waals surface area contributed by atoms with Gasteiger partial charge < -0.3 is 5.32 Å². The van der Waals surface area contributed by atoms with Gasteiger partial charge in [0.05, 0.1) is 34.6 Å². The summed E-state index contributed by atoms with van der Waals surface area (Å²) in [4.78, 5) is 24.8. The van der Waals surface area contributed by atoms with E-state index in [0.29, 0.717) is 48.7 Å². The fourth-order valence-corrected chi connectivity index (χ4v) is 6.11. The Morgan fingerprint density at radius 3 is 2.31 bits per heavy atom. The molecule has 1 aliphatic rings. The molecular formula is C23H24F3N5O3S2. The van der Waals surface area contributed by atoms with E-state index in [1.54, 1.807) is 5.38 Å². The first-order chi connectivity index (χ1) is 17.0. The van der Waals surface area contributed by atoms with E-state index in [9.17, 15) is 26.4 Å². The highest BCUT2D eigenvalue weighted by Crippen LogP contribution is 2.35. The summed E-state index contributed by atoms with van der Waals surface area (Å²) in [6.45, 7) is 3.79. The molecule has 0 aliphatic heterocycles. The molecule has 0 saturated heterocycles. The van der Waals surface area contributed by atoms with Crippen LogP contribution in [0.15, 0.2) is 42.0 Å². The number of hydrogen-bond donors (Lipinski definition) is 2. The van der Waals surface area contributed by atoms with Crippen molar-refractivity contribution in [2.75, 3.05) is 4.72 Å². The Morgan fingerprint density at radius 2 is 1.72 bits per heavy atom. The Balaban J connectivity index is 1.52. The number of carbonyl (C=O) groups excluding carboxylic acids is 1. The Kier molecular flexibility index (Phi) is 7.06. The van der Waals surface area contributed by atoms with Crippen molar-refractivity contribution in [2.45, 2.75) is 56.5 Å². The molecule has 1 aliphatic carbocycles. The molecule has 0 radical (unpaired) electrons. The van der Waals surface area contributed by atoms with Crippen molar-refractivity contribution in [1.29, 1.82) is 0 Å². The van der Waals surface area contributed by atoms with Crippen LogP contribution in [0.25, 0.3) is 11.3 Å². The average Bonchev–Trinajstić information content (AvgIpc) is 3.63. The first-order valence-electron chi connectivity index (χ1n) is 11.3. The highest BCUT2D eigenvalue weighted by Gasteiger charge is 2.38. The number of amides is 1. The number of carbonyl (C=O) groups is 1. The maximum atomic E-state index is 13.1. The standard InChI is InChI=1S/C23H24F3N5O3S2/c1-3-22(4-2,19-13-35-21(29-19)31-36(33,34)16-9-10-16)30-20(32)15-7-5-14(6-8-15)17-11-27-12-18(28-17)23(24,25)26/h5-8,11-13,16H,3-4,9-10H2,1-2H3,(H,29,31)(H,30,32). The lowest BCUT2D eigenvalue weighted by molar-refractivity contribution is -0.141. The molecule has 3 aromatic rings. The number of nitrogens with zero attached hydrogens (tertiary/aromatic N) is 3. The van der Waals surface area contributed by atoms with Gasteiger partial charge in [-0.25, -0.2) is 18.4 Å². The zero-order chi connectivity index (χ0) is 26.1. The van der Waals surface area contributed by atoms with Crippen molar-refractivity contribution in [3.63, 3.8) is 0 Å². The third kappa shape index (κ3) is 5.51. The number of rotatable bonds is 9. The van der Waals surface area contributed by atoms with Gasteiger partial charge in [-0.05, 0) is 37.8 Å². The van der Waals surface area contributed by atoms with Crippen molar-refractivity contribution >= 4 is 32.4 Å². The number of nitrogens with one attached hydrogen (secondary N) is 2. The van der Waals surface area contributed by atoms with Crippen LogP contribution >= 0.6 is 11.3 Å². The number of alkyl halides is 3. The normalized spacial score (nSPS) is 14.5. The second-order valence-electron chi connectivity index (χ2n) is 8.49. The summed E-state index contributed by atoms with van der Waals surface area (Å²) in [7, 11) is -3.45. The van der Waals surface area contributed by atoms with Crippen LogP contribution in [-0.2, 0) is 21.7 Å². The summed E-state index contributed by atoms with van der Waals surface area (Å²) < 4.78 is 65.8. The van der Waals surface area contributed by atoms with Gasteiger partial charge in [0, 0.05) is 16.5 Å². The number of sulfonamides is 1. The van der Waals surface area contributed by atoms with Crippen molar-refractivity contribution < 1.29 is 26.4 Å². The van der Waals surface area contributed by atoms with E-state index in [2.05, 4.69) is 25.0 Å². The van der Waals surface area contributed by atoms with E-state index in [-0.39, 0.29) is 16.1 Å². The molecule has 0 unspecified atom stereocenters. The fourth-order valence-electron chi connectivity index (χ4n) is 3.70. The number of aromatic nitrogens is 3. The molecule has 36 heavy (non-hydrogen) atoms. The summed E-state index contributed by atoms with van der Waals surface area (Å²) >= 11 is 1.16. The lowest BCUT2D eigenvalue weighted by Crippen LogP contribution is -2.45. The topological polar surface area (TPSA) is 114 Å². The molecule has 0 spiro atoms. The van der Waals surface area contributed by atoms with Crippen molar-refractivity contribution in [3.05, 3.63) is 59.0 Å². The lowest BCUT2D eigenvalue weighted by atomic mass is 9.89. The molecule has 2 N–H and O–H groups in total. The largest absolute Gasteiger partial charge is 0.434 e. The van der Waals surface area contributed by atoms with E-state index in [4.69, 9.17) is 0 Å². The van der Waals surface area contributed by atoms with Gasteiger partial charge in [0.2, 0.25) is 10.0 Å². The maximum Gasteiger partial charge on any atom is 0.434 e. The first-order valence-corrected chi connectivity index (χ1v) is 13.7. The van der Waals surface area contributed by atoms with E-state index in [1.165, 1.54) is 30.5 Å². The minimum Gasteiger partial charge on any atom is -0.341 e.